The van der Waals surface area contributed by atoms with Crippen molar-refractivity contribution in [3.8, 4) is 17.2 Å². The molecule has 0 saturated heterocycles. The van der Waals surface area contributed by atoms with Crippen LogP contribution in [0.25, 0.3) is 6.08 Å². The molecule has 5 nitrogen and oxygen atoms in total. The Balaban J connectivity index is 3.56. The van der Waals surface area contributed by atoms with Gasteiger partial charge in [0.15, 0.2) is 11.5 Å². The predicted octanol–water partition coefficient (Wildman–Crippen LogP) is 1.84. The topological polar surface area (TPSA) is 65.0 Å². The van der Waals surface area contributed by atoms with E-state index in [2.05, 4.69) is 11.3 Å². The molecule has 0 aliphatic heterocycles. The molecule has 0 aliphatic rings. The predicted molar refractivity (Wildman–Crippen MR) is 62.6 cm³/mol. The summed E-state index contributed by atoms with van der Waals surface area (Å²) < 4.78 is 14.6. The zero-order valence-electron chi connectivity index (χ0n) is 9.94. The van der Waals surface area contributed by atoms with Gasteiger partial charge < -0.3 is 19.3 Å². The van der Waals surface area contributed by atoms with Crippen LogP contribution in [0.1, 0.15) is 15.9 Å². The molecule has 0 heterocycles. The molecular formula is C12H14O5. The first kappa shape index (κ1) is 12.9. The highest BCUT2D eigenvalue weighted by atomic mass is 16.5. The Labute approximate surface area is 99.2 Å². The van der Waals surface area contributed by atoms with E-state index in [-0.39, 0.29) is 28.4 Å². The van der Waals surface area contributed by atoms with Crippen LogP contribution in [0.15, 0.2) is 12.6 Å². The third-order valence-electron chi connectivity index (χ3n) is 2.29. The van der Waals surface area contributed by atoms with Crippen molar-refractivity contribution in [2.45, 2.75) is 0 Å². The first-order valence-electron chi connectivity index (χ1n) is 4.79. The Bertz CT molecular complexity index is 451. The van der Waals surface area contributed by atoms with Gasteiger partial charge in [0, 0.05) is 5.56 Å². The van der Waals surface area contributed by atoms with Gasteiger partial charge >= 0.3 is 5.97 Å². The second-order valence-electron chi connectivity index (χ2n) is 3.12. The Kier molecular flexibility index (Phi) is 3.98. The van der Waals surface area contributed by atoms with Crippen LogP contribution in [0.4, 0.5) is 0 Å². The Hall–Kier alpha value is -2.17. The lowest BCUT2D eigenvalue weighted by molar-refractivity contribution is 0.0599. The minimum atomic E-state index is -0.587. The number of esters is 1. The van der Waals surface area contributed by atoms with Crippen LogP contribution >= 0.6 is 0 Å². The maximum Gasteiger partial charge on any atom is 0.338 e. The lowest BCUT2D eigenvalue weighted by Crippen LogP contribution is -2.05. The summed E-state index contributed by atoms with van der Waals surface area (Å²) in [5, 5.41) is 9.94. The molecule has 0 saturated carbocycles. The number of ether oxygens (including phenoxy) is 3. The van der Waals surface area contributed by atoms with Crippen LogP contribution < -0.4 is 9.47 Å². The highest BCUT2D eigenvalue weighted by Crippen LogP contribution is 2.41. The lowest BCUT2D eigenvalue weighted by atomic mass is 10.0. The summed E-state index contributed by atoms with van der Waals surface area (Å²) in [7, 11) is 4.05. The third-order valence-corrected chi connectivity index (χ3v) is 2.29. The van der Waals surface area contributed by atoms with Gasteiger partial charge in [0.2, 0.25) is 5.75 Å². The highest BCUT2D eigenvalue weighted by Gasteiger charge is 2.21. The molecule has 0 fully saturated rings. The monoisotopic (exact) mass is 238 g/mol. The van der Waals surface area contributed by atoms with Crippen molar-refractivity contribution in [3.63, 3.8) is 0 Å². The molecule has 0 radical (unpaired) electrons. The molecule has 0 spiro atoms. The van der Waals surface area contributed by atoms with Gasteiger partial charge in [-0.2, -0.15) is 0 Å². The normalized spacial score (nSPS) is 9.59. The molecular weight excluding hydrogens is 224 g/mol. The number of carbonyl (C=O) groups is 1. The third kappa shape index (κ3) is 2.18. The Morgan fingerprint density at radius 3 is 2.41 bits per heavy atom. The standard InChI is InChI=1S/C12H14O5/c1-5-7-8(12(14)17-4)6-9(15-2)11(16-3)10(7)13/h5-6,13H,1H2,2-4H3. The summed E-state index contributed by atoms with van der Waals surface area (Å²) in [5.74, 6) is -0.399. The van der Waals surface area contributed by atoms with Gasteiger partial charge in [0.25, 0.3) is 0 Å². The summed E-state index contributed by atoms with van der Waals surface area (Å²) in [6.45, 7) is 3.54. The molecule has 0 atom stereocenters. The van der Waals surface area contributed by atoms with Crippen LogP contribution in [-0.4, -0.2) is 32.4 Å². The fourth-order valence-corrected chi connectivity index (χ4v) is 1.48. The Morgan fingerprint density at radius 2 is 2.00 bits per heavy atom. The van der Waals surface area contributed by atoms with Crippen molar-refractivity contribution in [1.29, 1.82) is 0 Å². The molecule has 0 amide bonds. The lowest BCUT2D eigenvalue weighted by Gasteiger charge is -2.14. The van der Waals surface area contributed by atoms with Gasteiger partial charge in [0.05, 0.1) is 26.9 Å². The van der Waals surface area contributed by atoms with E-state index < -0.39 is 5.97 Å². The zero-order chi connectivity index (χ0) is 13.0. The van der Waals surface area contributed by atoms with Crippen LogP contribution in [0.2, 0.25) is 0 Å². The summed E-state index contributed by atoms with van der Waals surface area (Å²) in [6.07, 6.45) is 1.35. The highest BCUT2D eigenvalue weighted by molar-refractivity contribution is 5.96. The number of phenols is 1. The van der Waals surface area contributed by atoms with E-state index in [1.165, 1.54) is 33.5 Å². The smallest absolute Gasteiger partial charge is 0.338 e. The van der Waals surface area contributed by atoms with Crippen molar-refractivity contribution < 1.29 is 24.1 Å². The first-order chi connectivity index (χ1) is 8.10. The first-order valence-corrected chi connectivity index (χ1v) is 4.79. The summed E-state index contributed by atoms with van der Waals surface area (Å²) in [6, 6.07) is 1.43. The minimum absolute atomic E-state index is 0.148. The van der Waals surface area contributed by atoms with E-state index in [1.807, 2.05) is 0 Å². The van der Waals surface area contributed by atoms with Gasteiger partial charge in [-0.3, -0.25) is 0 Å². The second kappa shape index (κ2) is 5.25. The molecule has 1 aromatic rings. The average molecular weight is 238 g/mol. The molecule has 0 unspecified atom stereocenters. The van der Waals surface area contributed by atoms with E-state index >= 15 is 0 Å². The Morgan fingerprint density at radius 1 is 1.35 bits per heavy atom. The van der Waals surface area contributed by atoms with Crippen molar-refractivity contribution in [3.05, 3.63) is 23.8 Å². The summed E-state index contributed by atoms with van der Waals surface area (Å²) in [4.78, 5) is 11.5. The van der Waals surface area contributed by atoms with Crippen LogP contribution in [-0.2, 0) is 4.74 Å². The van der Waals surface area contributed by atoms with Crippen molar-refractivity contribution in [2.24, 2.45) is 0 Å². The van der Waals surface area contributed by atoms with E-state index in [9.17, 15) is 9.90 Å². The average Bonchev–Trinajstić information content (AvgIpc) is 2.36. The second-order valence-corrected chi connectivity index (χ2v) is 3.12. The maximum absolute atomic E-state index is 11.5. The summed E-state index contributed by atoms with van der Waals surface area (Å²) >= 11 is 0. The largest absolute Gasteiger partial charge is 0.504 e. The fourth-order valence-electron chi connectivity index (χ4n) is 1.48. The number of methoxy groups -OCH3 is 3. The molecule has 0 aromatic heterocycles. The minimum Gasteiger partial charge on any atom is -0.504 e. The SMILES string of the molecule is C=Cc1c(C(=O)OC)cc(OC)c(OC)c1O. The fraction of sp³-hybridized carbons (Fsp3) is 0.250. The van der Waals surface area contributed by atoms with E-state index in [1.54, 1.807) is 0 Å². The molecule has 1 aromatic carbocycles. The van der Waals surface area contributed by atoms with E-state index in [0.29, 0.717) is 0 Å². The number of rotatable bonds is 4. The zero-order valence-corrected chi connectivity index (χ0v) is 9.94. The quantitative estimate of drug-likeness (QED) is 0.811. The molecule has 92 valence electrons. The molecule has 0 aliphatic carbocycles. The van der Waals surface area contributed by atoms with Gasteiger partial charge in [0.1, 0.15) is 0 Å². The van der Waals surface area contributed by atoms with Gasteiger partial charge in [-0.15, -0.1) is 0 Å². The molecule has 5 heteroatoms. The number of hydrogen-bond acceptors (Lipinski definition) is 5. The number of benzene rings is 1. The van der Waals surface area contributed by atoms with Crippen LogP contribution in [0, 0.1) is 0 Å². The van der Waals surface area contributed by atoms with E-state index in [4.69, 9.17) is 9.47 Å². The van der Waals surface area contributed by atoms with Crippen molar-refractivity contribution in [1.82, 2.24) is 0 Å². The number of aromatic hydroxyl groups is 1. The maximum atomic E-state index is 11.5. The van der Waals surface area contributed by atoms with Gasteiger partial charge in [-0.1, -0.05) is 12.7 Å². The van der Waals surface area contributed by atoms with Crippen LogP contribution in [0.3, 0.4) is 0 Å². The summed E-state index contributed by atoms with van der Waals surface area (Å²) in [5.41, 5.74) is 0.409. The van der Waals surface area contributed by atoms with Crippen molar-refractivity contribution >= 4 is 12.0 Å². The van der Waals surface area contributed by atoms with Crippen molar-refractivity contribution in [2.75, 3.05) is 21.3 Å². The molecule has 1 rings (SSSR count). The molecule has 1 N–H and O–H groups in total. The van der Waals surface area contributed by atoms with Gasteiger partial charge in [-0.25, -0.2) is 4.79 Å². The number of phenolic OH excluding ortho intramolecular Hbond substituents is 1. The molecule has 0 bridgehead atoms. The number of carbonyl (C=O) groups excluding carboxylic acids is 1. The van der Waals surface area contributed by atoms with Gasteiger partial charge in [-0.05, 0) is 6.07 Å². The van der Waals surface area contributed by atoms with Crippen LogP contribution in [0.5, 0.6) is 17.2 Å². The molecule has 17 heavy (non-hydrogen) atoms. The number of hydrogen-bond donors (Lipinski definition) is 1. The van der Waals surface area contributed by atoms with E-state index in [0.717, 1.165) is 0 Å².